The van der Waals surface area contributed by atoms with Gasteiger partial charge in [0.25, 0.3) is 0 Å². The van der Waals surface area contributed by atoms with Crippen molar-refractivity contribution < 1.29 is 19.1 Å². The molecule has 18 heavy (non-hydrogen) atoms. The normalized spacial score (nSPS) is 27.1. The van der Waals surface area contributed by atoms with Crippen molar-refractivity contribution in [2.75, 3.05) is 6.61 Å². The van der Waals surface area contributed by atoms with E-state index in [1.165, 1.54) is 0 Å². The van der Waals surface area contributed by atoms with Gasteiger partial charge in [-0.15, -0.1) is 0 Å². The zero-order valence-corrected chi connectivity index (χ0v) is 12.7. The van der Waals surface area contributed by atoms with Crippen LogP contribution in [0.3, 0.4) is 0 Å². The molecule has 104 valence electrons. The Morgan fingerprint density at radius 2 is 2.00 bits per heavy atom. The lowest BCUT2D eigenvalue weighted by Gasteiger charge is -2.44. The lowest BCUT2D eigenvalue weighted by molar-refractivity contribution is -0.144. The van der Waals surface area contributed by atoms with Crippen LogP contribution >= 0.6 is 0 Å². The number of carbonyl (C=O) groups is 2. The van der Waals surface area contributed by atoms with Gasteiger partial charge in [-0.1, -0.05) is 6.92 Å². The average molecular weight is 273 g/mol. The largest absolute Gasteiger partial charge is 0.414 e. The van der Waals surface area contributed by atoms with Crippen molar-refractivity contribution in [2.24, 2.45) is 11.8 Å². The monoisotopic (exact) mass is 273 g/mol. The minimum absolute atomic E-state index is 0.0664. The van der Waals surface area contributed by atoms with Crippen molar-refractivity contribution in [1.82, 2.24) is 5.32 Å². The number of aliphatic hydroxyl groups is 1. The number of nitrogens with one attached hydrogen (secondary N) is 1. The summed E-state index contributed by atoms with van der Waals surface area (Å²) in [5, 5.41) is 11.6. The van der Waals surface area contributed by atoms with E-state index in [4.69, 9.17) is 9.53 Å². The first kappa shape index (κ1) is 15.3. The maximum atomic E-state index is 11.6. The Balaban J connectivity index is 2.68. The van der Waals surface area contributed by atoms with E-state index >= 15 is 0 Å². The molecule has 1 saturated heterocycles. The van der Waals surface area contributed by atoms with Gasteiger partial charge in [-0.2, -0.15) is 0 Å². The lowest BCUT2D eigenvalue weighted by atomic mass is 9.77. The van der Waals surface area contributed by atoms with Crippen molar-refractivity contribution in [2.45, 2.75) is 45.6 Å². The Kier molecular flexibility index (Phi) is 4.69. The minimum Gasteiger partial charge on any atom is -0.414 e. The maximum Gasteiger partial charge on any atom is 0.228 e. The number of hydrogen-bond acceptors (Lipinski definition) is 4. The van der Waals surface area contributed by atoms with E-state index in [1.54, 1.807) is 6.92 Å². The standard InChI is InChI=1S/C12H23NO4Si/c1-7(9(15)6-14)11-10(12(16)13-11)8(2)17-18(3,4)5/h7-8,10-11,14H,6H2,1-5H3,(H,13,16)/t7?,8-,10-,11-/m1/s1. The van der Waals surface area contributed by atoms with Crippen LogP contribution in [-0.4, -0.2) is 43.9 Å². The molecule has 0 aromatic rings. The summed E-state index contributed by atoms with van der Waals surface area (Å²) in [4.78, 5) is 23.1. The van der Waals surface area contributed by atoms with Gasteiger partial charge in [0.1, 0.15) is 6.61 Å². The molecule has 2 N–H and O–H groups in total. The predicted octanol–water partition coefficient (Wildman–Crippen LogP) is 0.538. The maximum absolute atomic E-state index is 11.6. The van der Waals surface area contributed by atoms with E-state index in [2.05, 4.69) is 25.0 Å². The van der Waals surface area contributed by atoms with Crippen molar-refractivity contribution >= 4 is 20.0 Å². The molecule has 0 bridgehead atoms. The van der Waals surface area contributed by atoms with Gasteiger partial charge in [0.15, 0.2) is 14.1 Å². The fraction of sp³-hybridized carbons (Fsp3) is 0.833. The average Bonchev–Trinajstić information content (AvgIpc) is 2.20. The highest BCUT2D eigenvalue weighted by molar-refractivity contribution is 6.69. The van der Waals surface area contributed by atoms with Crippen molar-refractivity contribution in [1.29, 1.82) is 0 Å². The van der Waals surface area contributed by atoms with Gasteiger partial charge in [-0.05, 0) is 26.6 Å². The number of ketones is 1. The van der Waals surface area contributed by atoms with E-state index in [0.29, 0.717) is 0 Å². The summed E-state index contributed by atoms with van der Waals surface area (Å²) in [7, 11) is -1.71. The molecule has 1 unspecified atom stereocenters. The van der Waals surface area contributed by atoms with Crippen molar-refractivity contribution in [3.63, 3.8) is 0 Å². The Morgan fingerprint density at radius 1 is 1.44 bits per heavy atom. The highest BCUT2D eigenvalue weighted by Crippen LogP contribution is 2.29. The molecule has 0 aromatic heterocycles. The first-order chi connectivity index (χ1) is 8.17. The predicted molar refractivity (Wildman–Crippen MR) is 70.6 cm³/mol. The molecule has 0 aromatic carbocycles. The fourth-order valence-corrected chi connectivity index (χ4v) is 3.60. The smallest absolute Gasteiger partial charge is 0.228 e. The molecule has 6 heteroatoms. The minimum atomic E-state index is -1.71. The summed E-state index contributed by atoms with van der Waals surface area (Å²) in [5.74, 6) is -0.971. The molecule has 0 saturated carbocycles. The molecule has 1 fully saturated rings. The Hall–Kier alpha value is -0.723. The second-order valence-electron chi connectivity index (χ2n) is 5.91. The number of amides is 1. The van der Waals surface area contributed by atoms with Crippen LogP contribution in [0.4, 0.5) is 0 Å². The molecule has 5 nitrogen and oxygen atoms in total. The first-order valence-corrected chi connectivity index (χ1v) is 9.70. The molecule has 0 aliphatic carbocycles. The zero-order valence-electron chi connectivity index (χ0n) is 11.7. The van der Waals surface area contributed by atoms with Gasteiger partial charge in [-0.25, -0.2) is 0 Å². The number of carbonyl (C=O) groups excluding carboxylic acids is 2. The second-order valence-corrected chi connectivity index (χ2v) is 10.4. The van der Waals surface area contributed by atoms with Crippen LogP contribution in [-0.2, 0) is 14.0 Å². The molecule has 0 radical (unpaired) electrons. The van der Waals surface area contributed by atoms with Crippen LogP contribution in [0, 0.1) is 11.8 Å². The molecular weight excluding hydrogens is 250 g/mol. The van der Waals surface area contributed by atoms with Gasteiger partial charge >= 0.3 is 0 Å². The zero-order chi connectivity index (χ0) is 14.1. The Morgan fingerprint density at radius 3 is 2.39 bits per heavy atom. The highest BCUT2D eigenvalue weighted by atomic mass is 28.4. The van der Waals surface area contributed by atoms with Gasteiger partial charge in [0, 0.05) is 5.92 Å². The van der Waals surface area contributed by atoms with Crippen LogP contribution in [0.5, 0.6) is 0 Å². The molecule has 4 atom stereocenters. The van der Waals surface area contributed by atoms with E-state index in [1.807, 2.05) is 6.92 Å². The third-order valence-corrected chi connectivity index (χ3v) is 4.33. The van der Waals surface area contributed by atoms with Crippen LogP contribution < -0.4 is 5.32 Å². The van der Waals surface area contributed by atoms with Crippen LogP contribution in [0.15, 0.2) is 0 Å². The quantitative estimate of drug-likeness (QED) is 0.547. The van der Waals surface area contributed by atoms with E-state index in [9.17, 15) is 9.59 Å². The fourth-order valence-electron chi connectivity index (χ4n) is 2.33. The molecule has 1 amide bonds. The molecular formula is C12H23NO4Si. The highest BCUT2D eigenvalue weighted by Gasteiger charge is 2.48. The summed E-state index contributed by atoms with van der Waals surface area (Å²) in [6.45, 7) is 9.33. The van der Waals surface area contributed by atoms with E-state index < -0.39 is 14.9 Å². The second kappa shape index (κ2) is 5.50. The summed E-state index contributed by atoms with van der Waals surface area (Å²) in [6, 6.07) is -0.219. The molecule has 1 heterocycles. The molecule has 1 aliphatic rings. The van der Waals surface area contributed by atoms with E-state index in [0.717, 1.165) is 0 Å². The van der Waals surface area contributed by atoms with Gasteiger partial charge in [-0.3, -0.25) is 9.59 Å². The van der Waals surface area contributed by atoms with E-state index in [-0.39, 0.29) is 35.7 Å². The molecule has 1 aliphatic heterocycles. The lowest BCUT2D eigenvalue weighted by Crippen LogP contribution is -2.66. The van der Waals surface area contributed by atoms with Crippen LogP contribution in [0.2, 0.25) is 19.6 Å². The van der Waals surface area contributed by atoms with Gasteiger partial charge < -0.3 is 14.8 Å². The molecule has 0 spiro atoms. The summed E-state index contributed by atoms with van der Waals surface area (Å²) >= 11 is 0. The number of Topliss-reactive ketones (excluding diaryl/α,β-unsaturated/α-hetero) is 1. The Bertz CT molecular complexity index is 339. The summed E-state index contributed by atoms with van der Waals surface area (Å²) < 4.78 is 5.91. The third-order valence-electron chi connectivity index (χ3n) is 3.25. The SMILES string of the molecule is CC(C(=O)CO)[C@H]1NC(=O)[C@@H]1[C@@H](C)O[Si](C)(C)C. The Labute approximate surface area is 109 Å². The first-order valence-electron chi connectivity index (χ1n) is 6.29. The summed E-state index contributed by atoms with van der Waals surface area (Å²) in [6.07, 6.45) is -0.190. The number of aliphatic hydroxyl groups excluding tert-OH is 1. The van der Waals surface area contributed by atoms with Gasteiger partial charge in [0.05, 0.1) is 18.1 Å². The third kappa shape index (κ3) is 3.40. The topological polar surface area (TPSA) is 75.6 Å². The molecule has 1 rings (SSSR count). The van der Waals surface area contributed by atoms with Crippen LogP contribution in [0.25, 0.3) is 0 Å². The number of hydrogen-bond donors (Lipinski definition) is 2. The number of β-lactam (4-membered cyclic amide) rings is 1. The summed E-state index contributed by atoms with van der Waals surface area (Å²) in [5.41, 5.74) is 0. The van der Waals surface area contributed by atoms with Crippen molar-refractivity contribution in [3.05, 3.63) is 0 Å². The van der Waals surface area contributed by atoms with Crippen molar-refractivity contribution in [3.8, 4) is 0 Å². The number of rotatable bonds is 6. The van der Waals surface area contributed by atoms with Crippen LogP contribution in [0.1, 0.15) is 13.8 Å². The van der Waals surface area contributed by atoms with Gasteiger partial charge in [0.2, 0.25) is 5.91 Å².